The van der Waals surface area contributed by atoms with Gasteiger partial charge in [-0.25, -0.2) is 0 Å². The maximum atomic E-state index is 12.9. The smallest absolute Gasteiger partial charge is 0.418 e. The summed E-state index contributed by atoms with van der Waals surface area (Å²) < 4.78 is 43.6. The van der Waals surface area contributed by atoms with Gasteiger partial charge in [-0.3, -0.25) is 9.69 Å². The van der Waals surface area contributed by atoms with Crippen molar-refractivity contribution < 1.29 is 27.8 Å². The van der Waals surface area contributed by atoms with Crippen LogP contribution in [0.1, 0.15) is 19.8 Å². The van der Waals surface area contributed by atoms with Crippen molar-refractivity contribution in [2.75, 3.05) is 26.2 Å². The van der Waals surface area contributed by atoms with Crippen molar-refractivity contribution in [3.8, 4) is 0 Å². The molecule has 0 bridgehead atoms. The standard InChI is InChI=1S/C10H16F3NO3/c1-2-17-9(10(11,12)13)4-6-14(7-9)5-3-8(15)16/h2-7H2,1H3,(H,15,16)/t9-/m1/s1. The number of hydrogen-bond acceptors (Lipinski definition) is 3. The number of ether oxygens (including phenoxy) is 1. The Morgan fingerprint density at radius 3 is 2.65 bits per heavy atom. The number of rotatable bonds is 5. The molecule has 1 aliphatic heterocycles. The van der Waals surface area contributed by atoms with Gasteiger partial charge in [0.25, 0.3) is 0 Å². The summed E-state index contributed by atoms with van der Waals surface area (Å²) in [5.74, 6) is -1.01. The third-order valence-corrected chi connectivity index (χ3v) is 2.89. The zero-order chi connectivity index (χ0) is 13.1. The zero-order valence-corrected chi connectivity index (χ0v) is 9.59. The largest absolute Gasteiger partial charge is 0.481 e. The molecule has 0 spiro atoms. The lowest BCUT2D eigenvalue weighted by Gasteiger charge is -2.31. The molecule has 4 nitrogen and oxygen atoms in total. The third kappa shape index (κ3) is 3.32. The minimum absolute atomic E-state index is 0.00766. The van der Waals surface area contributed by atoms with Gasteiger partial charge >= 0.3 is 12.1 Å². The first-order valence-electron chi connectivity index (χ1n) is 5.45. The van der Waals surface area contributed by atoms with Gasteiger partial charge in [-0.15, -0.1) is 0 Å². The second-order valence-corrected chi connectivity index (χ2v) is 4.09. The third-order valence-electron chi connectivity index (χ3n) is 2.89. The molecule has 0 aromatic heterocycles. The Balaban J connectivity index is 2.62. The van der Waals surface area contributed by atoms with Crippen LogP contribution in [-0.4, -0.2) is 54.0 Å². The molecule has 1 saturated heterocycles. The molecule has 0 amide bonds. The molecule has 1 atom stereocenters. The van der Waals surface area contributed by atoms with Gasteiger partial charge in [0, 0.05) is 26.2 Å². The van der Waals surface area contributed by atoms with Crippen LogP contribution in [0.25, 0.3) is 0 Å². The van der Waals surface area contributed by atoms with E-state index in [4.69, 9.17) is 9.84 Å². The summed E-state index contributed by atoms with van der Waals surface area (Å²) in [7, 11) is 0. The monoisotopic (exact) mass is 255 g/mol. The van der Waals surface area contributed by atoms with Crippen LogP contribution in [0.4, 0.5) is 13.2 Å². The lowest BCUT2D eigenvalue weighted by Crippen LogP contribution is -2.50. The molecule has 17 heavy (non-hydrogen) atoms. The minimum atomic E-state index is -4.42. The van der Waals surface area contributed by atoms with Gasteiger partial charge in [-0.2, -0.15) is 13.2 Å². The molecule has 1 aliphatic rings. The highest BCUT2D eigenvalue weighted by Crippen LogP contribution is 2.40. The van der Waals surface area contributed by atoms with Gasteiger partial charge in [-0.1, -0.05) is 0 Å². The Labute approximate surface area is 97.3 Å². The van der Waals surface area contributed by atoms with Crippen molar-refractivity contribution in [3.63, 3.8) is 0 Å². The summed E-state index contributed by atoms with van der Waals surface area (Å²) in [6.45, 7) is 1.57. The van der Waals surface area contributed by atoms with E-state index in [-0.39, 0.29) is 39.1 Å². The van der Waals surface area contributed by atoms with E-state index < -0.39 is 17.7 Å². The SMILES string of the molecule is CCO[C@]1(C(F)(F)F)CCN(CCC(=O)O)C1. The fourth-order valence-corrected chi connectivity index (χ4v) is 2.01. The van der Waals surface area contributed by atoms with Crippen LogP contribution in [0.3, 0.4) is 0 Å². The van der Waals surface area contributed by atoms with Gasteiger partial charge in [0.2, 0.25) is 0 Å². The lowest BCUT2D eigenvalue weighted by atomic mass is 10.0. The second kappa shape index (κ2) is 5.22. The molecule has 0 unspecified atom stereocenters. The number of hydrogen-bond donors (Lipinski definition) is 1. The first-order chi connectivity index (χ1) is 7.81. The summed E-state index contributed by atoms with van der Waals surface area (Å²) in [6.07, 6.45) is -4.70. The number of carboxylic acids is 1. The first-order valence-corrected chi connectivity index (χ1v) is 5.45. The van der Waals surface area contributed by atoms with Gasteiger partial charge in [0.1, 0.15) is 0 Å². The van der Waals surface area contributed by atoms with E-state index in [1.54, 1.807) is 0 Å². The van der Waals surface area contributed by atoms with E-state index in [9.17, 15) is 18.0 Å². The lowest BCUT2D eigenvalue weighted by molar-refractivity contribution is -0.270. The van der Waals surface area contributed by atoms with E-state index in [1.807, 2.05) is 0 Å². The molecule has 7 heteroatoms. The van der Waals surface area contributed by atoms with E-state index in [0.717, 1.165) is 0 Å². The van der Waals surface area contributed by atoms with Crippen LogP contribution >= 0.6 is 0 Å². The maximum absolute atomic E-state index is 12.9. The summed E-state index contributed by atoms with van der Waals surface area (Å²) >= 11 is 0. The second-order valence-electron chi connectivity index (χ2n) is 4.09. The topological polar surface area (TPSA) is 49.8 Å². The predicted octanol–water partition coefficient (Wildman–Crippen LogP) is 1.50. The average Bonchev–Trinajstić information content (AvgIpc) is 2.59. The summed E-state index contributed by atoms with van der Waals surface area (Å²) in [5.41, 5.74) is -2.12. The highest BCUT2D eigenvalue weighted by atomic mass is 19.4. The summed E-state index contributed by atoms with van der Waals surface area (Å²) in [5, 5.41) is 8.49. The quantitative estimate of drug-likeness (QED) is 0.809. The maximum Gasteiger partial charge on any atom is 0.418 e. The number of halogens is 3. The Bertz CT molecular complexity index is 282. The molecule has 0 saturated carbocycles. The zero-order valence-electron chi connectivity index (χ0n) is 9.59. The number of likely N-dealkylation sites (tertiary alicyclic amines) is 1. The molecular formula is C10H16F3NO3. The summed E-state index contributed by atoms with van der Waals surface area (Å²) in [4.78, 5) is 11.8. The molecule has 0 aromatic carbocycles. The van der Waals surface area contributed by atoms with Gasteiger partial charge in [0.05, 0.1) is 6.42 Å². The summed E-state index contributed by atoms with van der Waals surface area (Å²) in [6, 6.07) is 0. The van der Waals surface area contributed by atoms with Crippen LogP contribution in [0.15, 0.2) is 0 Å². The molecule has 100 valence electrons. The van der Waals surface area contributed by atoms with Crippen LogP contribution < -0.4 is 0 Å². The van der Waals surface area contributed by atoms with E-state index in [0.29, 0.717) is 0 Å². The van der Waals surface area contributed by atoms with Crippen molar-refractivity contribution in [2.45, 2.75) is 31.5 Å². The Hall–Kier alpha value is -0.820. The van der Waals surface area contributed by atoms with Crippen molar-refractivity contribution >= 4 is 5.97 Å². The average molecular weight is 255 g/mol. The van der Waals surface area contributed by atoms with Crippen molar-refractivity contribution in [3.05, 3.63) is 0 Å². The Morgan fingerprint density at radius 1 is 1.53 bits per heavy atom. The van der Waals surface area contributed by atoms with Gasteiger partial charge < -0.3 is 9.84 Å². The molecule has 0 aliphatic carbocycles. The van der Waals surface area contributed by atoms with Crippen molar-refractivity contribution in [1.29, 1.82) is 0 Å². The highest BCUT2D eigenvalue weighted by Gasteiger charge is 2.58. The highest BCUT2D eigenvalue weighted by molar-refractivity contribution is 5.66. The van der Waals surface area contributed by atoms with Gasteiger partial charge in [0.15, 0.2) is 5.60 Å². The number of carboxylic acid groups (broad SMARTS) is 1. The number of alkyl halides is 3. The van der Waals surface area contributed by atoms with Crippen LogP contribution in [0.5, 0.6) is 0 Å². The van der Waals surface area contributed by atoms with Crippen molar-refractivity contribution in [1.82, 2.24) is 4.90 Å². The van der Waals surface area contributed by atoms with Crippen molar-refractivity contribution in [2.24, 2.45) is 0 Å². The van der Waals surface area contributed by atoms with E-state index in [2.05, 4.69) is 0 Å². The molecule has 1 N–H and O–H groups in total. The van der Waals surface area contributed by atoms with Crippen LogP contribution in [0.2, 0.25) is 0 Å². The predicted molar refractivity (Wildman–Crippen MR) is 53.7 cm³/mol. The number of carbonyl (C=O) groups is 1. The molecule has 1 rings (SSSR count). The minimum Gasteiger partial charge on any atom is -0.481 e. The van der Waals surface area contributed by atoms with E-state index >= 15 is 0 Å². The molecule has 0 aromatic rings. The fraction of sp³-hybridized carbons (Fsp3) is 0.900. The number of aliphatic carboxylic acids is 1. The van der Waals surface area contributed by atoms with Crippen LogP contribution in [0, 0.1) is 0 Å². The Kier molecular flexibility index (Phi) is 4.37. The van der Waals surface area contributed by atoms with E-state index in [1.165, 1.54) is 11.8 Å². The Morgan fingerprint density at radius 2 is 2.18 bits per heavy atom. The normalized spacial score (nSPS) is 26.4. The molecule has 0 radical (unpaired) electrons. The molecule has 1 heterocycles. The fourth-order valence-electron chi connectivity index (χ4n) is 2.01. The molecular weight excluding hydrogens is 239 g/mol. The first kappa shape index (κ1) is 14.2. The number of nitrogens with zero attached hydrogens (tertiary/aromatic N) is 1. The van der Waals surface area contributed by atoms with Gasteiger partial charge in [-0.05, 0) is 13.3 Å². The van der Waals surface area contributed by atoms with Crippen LogP contribution in [-0.2, 0) is 9.53 Å². The molecule has 1 fully saturated rings.